The van der Waals surface area contributed by atoms with Crippen LogP contribution in [0, 0.1) is 11.8 Å². The van der Waals surface area contributed by atoms with Crippen molar-refractivity contribution in [3.05, 3.63) is 18.5 Å². The zero-order chi connectivity index (χ0) is 11.5. The Bertz CT molecular complexity index is 360. The molecule has 0 radical (unpaired) electrons. The van der Waals surface area contributed by atoms with Gasteiger partial charge in [0.15, 0.2) is 5.78 Å². The van der Waals surface area contributed by atoms with Crippen molar-refractivity contribution in [2.24, 2.45) is 11.8 Å². The van der Waals surface area contributed by atoms with Crippen LogP contribution in [0.4, 0.5) is 5.95 Å². The number of hydrogen-bond donors (Lipinski definition) is 1. The zero-order valence-corrected chi connectivity index (χ0v) is 9.68. The minimum absolute atomic E-state index is 0.0572. The minimum atomic E-state index is -0.109. The first-order valence-corrected chi connectivity index (χ1v) is 5.75. The molecule has 0 aromatic carbocycles. The SMILES string of the molecule is CC(C)C(=O)C(Nc1ncccn1)C1CC1. The molecule has 4 nitrogen and oxygen atoms in total. The Labute approximate surface area is 95.5 Å². The highest BCUT2D eigenvalue weighted by Crippen LogP contribution is 2.35. The van der Waals surface area contributed by atoms with Gasteiger partial charge in [-0.2, -0.15) is 0 Å². The maximum absolute atomic E-state index is 12.0. The number of hydrogen-bond acceptors (Lipinski definition) is 4. The van der Waals surface area contributed by atoms with Crippen molar-refractivity contribution in [2.45, 2.75) is 32.7 Å². The smallest absolute Gasteiger partial charge is 0.223 e. The third kappa shape index (κ3) is 2.56. The van der Waals surface area contributed by atoms with Gasteiger partial charge in [-0.1, -0.05) is 13.8 Å². The normalized spacial score (nSPS) is 17.2. The predicted octanol–water partition coefficient (Wildman–Crippen LogP) is 1.89. The average molecular weight is 219 g/mol. The fourth-order valence-electron chi connectivity index (χ4n) is 1.72. The van der Waals surface area contributed by atoms with Crippen molar-refractivity contribution in [1.29, 1.82) is 0 Å². The van der Waals surface area contributed by atoms with Crippen LogP contribution in [0.2, 0.25) is 0 Å². The highest BCUT2D eigenvalue weighted by Gasteiger charge is 2.37. The summed E-state index contributed by atoms with van der Waals surface area (Å²) in [7, 11) is 0. The molecule has 0 bridgehead atoms. The first-order valence-electron chi connectivity index (χ1n) is 5.75. The molecule has 0 amide bonds. The molecule has 1 N–H and O–H groups in total. The number of carbonyl (C=O) groups is 1. The van der Waals surface area contributed by atoms with E-state index in [0.717, 1.165) is 12.8 Å². The van der Waals surface area contributed by atoms with E-state index in [2.05, 4.69) is 15.3 Å². The van der Waals surface area contributed by atoms with Crippen LogP contribution < -0.4 is 5.32 Å². The molecule has 0 aliphatic heterocycles. The second kappa shape index (κ2) is 4.60. The summed E-state index contributed by atoms with van der Waals surface area (Å²) in [6.45, 7) is 3.87. The van der Waals surface area contributed by atoms with E-state index in [4.69, 9.17) is 0 Å². The lowest BCUT2D eigenvalue weighted by molar-refractivity contribution is -0.123. The molecular formula is C12H17N3O. The highest BCUT2D eigenvalue weighted by molar-refractivity contribution is 5.88. The van der Waals surface area contributed by atoms with Crippen molar-refractivity contribution in [3.8, 4) is 0 Å². The van der Waals surface area contributed by atoms with Crippen molar-refractivity contribution >= 4 is 11.7 Å². The molecule has 1 aliphatic rings. The monoisotopic (exact) mass is 219 g/mol. The number of ketones is 1. The molecule has 1 aliphatic carbocycles. The van der Waals surface area contributed by atoms with Crippen LogP contribution in [0.1, 0.15) is 26.7 Å². The predicted molar refractivity (Wildman–Crippen MR) is 62.0 cm³/mol. The van der Waals surface area contributed by atoms with E-state index in [1.165, 1.54) is 0 Å². The van der Waals surface area contributed by atoms with Gasteiger partial charge < -0.3 is 5.32 Å². The van der Waals surface area contributed by atoms with Crippen molar-refractivity contribution in [3.63, 3.8) is 0 Å². The van der Waals surface area contributed by atoms with Crippen LogP contribution in [-0.2, 0) is 4.79 Å². The van der Waals surface area contributed by atoms with E-state index in [1.54, 1.807) is 18.5 Å². The molecule has 1 fully saturated rings. The third-order valence-corrected chi connectivity index (χ3v) is 2.82. The summed E-state index contributed by atoms with van der Waals surface area (Å²) in [5.74, 6) is 1.34. The topological polar surface area (TPSA) is 54.9 Å². The third-order valence-electron chi connectivity index (χ3n) is 2.82. The number of nitrogens with one attached hydrogen (secondary N) is 1. The second-order valence-electron chi connectivity index (χ2n) is 4.59. The van der Waals surface area contributed by atoms with Gasteiger partial charge in [0.05, 0.1) is 6.04 Å². The van der Waals surface area contributed by atoms with E-state index in [-0.39, 0.29) is 17.7 Å². The van der Waals surface area contributed by atoms with Crippen LogP contribution in [0.15, 0.2) is 18.5 Å². The first-order chi connectivity index (χ1) is 7.68. The van der Waals surface area contributed by atoms with Gasteiger partial charge >= 0.3 is 0 Å². The second-order valence-corrected chi connectivity index (χ2v) is 4.59. The number of carbonyl (C=O) groups excluding carboxylic acids is 1. The van der Waals surface area contributed by atoms with E-state index in [1.807, 2.05) is 13.8 Å². The maximum Gasteiger partial charge on any atom is 0.223 e. The number of anilines is 1. The lowest BCUT2D eigenvalue weighted by Crippen LogP contribution is -2.35. The Kier molecular flexibility index (Phi) is 3.17. The van der Waals surface area contributed by atoms with E-state index in [9.17, 15) is 4.79 Å². The Morgan fingerprint density at radius 2 is 2.00 bits per heavy atom. The molecule has 1 aromatic rings. The van der Waals surface area contributed by atoms with Gasteiger partial charge in [-0.3, -0.25) is 4.79 Å². The molecule has 86 valence electrons. The summed E-state index contributed by atoms with van der Waals surface area (Å²) >= 11 is 0. The summed E-state index contributed by atoms with van der Waals surface area (Å²) in [5.41, 5.74) is 0. The van der Waals surface area contributed by atoms with Crippen molar-refractivity contribution < 1.29 is 4.79 Å². The summed E-state index contributed by atoms with van der Waals surface area (Å²) in [4.78, 5) is 20.2. The molecule has 1 saturated carbocycles. The lowest BCUT2D eigenvalue weighted by atomic mass is 9.98. The number of aromatic nitrogens is 2. The van der Waals surface area contributed by atoms with Gasteiger partial charge in [0.1, 0.15) is 0 Å². The van der Waals surface area contributed by atoms with Gasteiger partial charge in [0.2, 0.25) is 5.95 Å². The standard InChI is InChI=1S/C12H17N3O/c1-8(2)11(16)10(9-4-5-9)15-12-13-6-3-7-14-12/h3,6-10H,4-5H2,1-2H3,(H,13,14,15). The van der Waals surface area contributed by atoms with Crippen LogP contribution in [0.5, 0.6) is 0 Å². The molecule has 1 aromatic heterocycles. The Balaban J connectivity index is 2.06. The first kappa shape index (κ1) is 11.0. The molecule has 1 unspecified atom stereocenters. The van der Waals surface area contributed by atoms with Gasteiger partial charge in [-0.05, 0) is 24.8 Å². The largest absolute Gasteiger partial charge is 0.344 e. The molecule has 2 rings (SSSR count). The minimum Gasteiger partial charge on any atom is -0.344 e. The summed E-state index contributed by atoms with van der Waals surface area (Å²) < 4.78 is 0. The van der Waals surface area contributed by atoms with Crippen LogP contribution in [0.3, 0.4) is 0 Å². The Morgan fingerprint density at radius 1 is 1.38 bits per heavy atom. The number of Topliss-reactive ketones (excluding diaryl/α,β-unsaturated/α-hetero) is 1. The molecule has 16 heavy (non-hydrogen) atoms. The van der Waals surface area contributed by atoms with Gasteiger partial charge in [-0.15, -0.1) is 0 Å². The molecule has 4 heteroatoms. The lowest BCUT2D eigenvalue weighted by Gasteiger charge is -2.18. The van der Waals surface area contributed by atoms with Crippen LogP contribution in [-0.4, -0.2) is 21.8 Å². The fraction of sp³-hybridized carbons (Fsp3) is 0.583. The zero-order valence-electron chi connectivity index (χ0n) is 9.68. The Morgan fingerprint density at radius 3 is 2.50 bits per heavy atom. The van der Waals surface area contributed by atoms with Crippen molar-refractivity contribution in [2.75, 3.05) is 5.32 Å². The quantitative estimate of drug-likeness (QED) is 0.821. The average Bonchev–Trinajstić information content (AvgIpc) is 3.10. The van der Waals surface area contributed by atoms with Gasteiger partial charge in [-0.25, -0.2) is 9.97 Å². The van der Waals surface area contributed by atoms with Gasteiger partial charge in [0, 0.05) is 18.3 Å². The summed E-state index contributed by atoms with van der Waals surface area (Å²) in [6.07, 6.45) is 5.62. The summed E-state index contributed by atoms with van der Waals surface area (Å²) in [6, 6.07) is 1.66. The van der Waals surface area contributed by atoms with Crippen LogP contribution >= 0.6 is 0 Å². The molecule has 1 atom stereocenters. The molecular weight excluding hydrogens is 202 g/mol. The Hall–Kier alpha value is -1.45. The maximum atomic E-state index is 12.0. The molecule has 0 saturated heterocycles. The van der Waals surface area contributed by atoms with E-state index in [0.29, 0.717) is 11.9 Å². The fourth-order valence-corrected chi connectivity index (χ4v) is 1.72. The summed E-state index contributed by atoms with van der Waals surface area (Å²) in [5, 5.41) is 3.15. The van der Waals surface area contributed by atoms with Crippen molar-refractivity contribution in [1.82, 2.24) is 9.97 Å². The van der Waals surface area contributed by atoms with E-state index >= 15 is 0 Å². The molecule has 0 spiro atoms. The van der Waals surface area contributed by atoms with Crippen LogP contribution in [0.25, 0.3) is 0 Å². The molecule has 1 heterocycles. The number of nitrogens with zero attached hydrogens (tertiary/aromatic N) is 2. The highest BCUT2D eigenvalue weighted by atomic mass is 16.1. The number of rotatable bonds is 5. The van der Waals surface area contributed by atoms with E-state index < -0.39 is 0 Å². The van der Waals surface area contributed by atoms with Gasteiger partial charge in [0.25, 0.3) is 0 Å².